The molecule has 0 unspecified atom stereocenters. The molecule has 2 heterocycles. The highest BCUT2D eigenvalue weighted by Gasteiger charge is 2.19. The summed E-state index contributed by atoms with van der Waals surface area (Å²) in [6, 6.07) is 0. The van der Waals surface area contributed by atoms with Crippen molar-refractivity contribution in [3.8, 4) is 0 Å². The van der Waals surface area contributed by atoms with Gasteiger partial charge in [0.05, 0.1) is 0 Å². The lowest BCUT2D eigenvalue weighted by atomic mass is 10.2. The third kappa shape index (κ3) is 8.14. The number of carbonyl (C=O) groups is 1. The molecule has 2 N–H and O–H groups in total. The van der Waals surface area contributed by atoms with Crippen molar-refractivity contribution in [2.24, 2.45) is 0 Å². The number of hydrogen-bond donors (Lipinski definition) is 2. The van der Waals surface area contributed by atoms with E-state index in [1.54, 1.807) is 4.57 Å². The van der Waals surface area contributed by atoms with Crippen molar-refractivity contribution in [1.29, 1.82) is 0 Å². The van der Waals surface area contributed by atoms with E-state index in [1.807, 2.05) is 4.57 Å². The molecular weight excluding hydrogens is 422 g/mol. The fourth-order valence-corrected chi connectivity index (χ4v) is 3.76. The van der Waals surface area contributed by atoms with Crippen LogP contribution in [0.2, 0.25) is 0 Å². The number of aryl methyl sites for hydroxylation is 3. The molecule has 0 spiro atoms. The van der Waals surface area contributed by atoms with E-state index in [0.29, 0.717) is 49.7 Å². The Kier molecular flexibility index (Phi) is 11.9. The van der Waals surface area contributed by atoms with E-state index in [0.717, 1.165) is 58.0 Å². The highest BCUT2D eigenvalue weighted by Crippen LogP contribution is 2.15. The molecule has 0 fully saturated rings. The van der Waals surface area contributed by atoms with Gasteiger partial charge in [-0.15, -0.1) is 0 Å². The number of rotatable bonds is 17. The molecule has 0 radical (unpaired) electrons. The van der Waals surface area contributed by atoms with Crippen LogP contribution in [-0.2, 0) is 29.0 Å². The molecular formula is C24H41N5O4. The van der Waals surface area contributed by atoms with Crippen molar-refractivity contribution in [2.45, 2.75) is 98.1 Å². The number of H-pyrrole nitrogens is 1. The second kappa shape index (κ2) is 14.7. The van der Waals surface area contributed by atoms with E-state index in [-0.39, 0.29) is 12.3 Å². The van der Waals surface area contributed by atoms with E-state index in [4.69, 9.17) is 4.74 Å². The van der Waals surface area contributed by atoms with Crippen LogP contribution >= 0.6 is 0 Å². The predicted molar refractivity (Wildman–Crippen MR) is 131 cm³/mol. The molecule has 2 rings (SSSR count). The average molecular weight is 464 g/mol. The second-order valence-corrected chi connectivity index (χ2v) is 8.49. The lowest BCUT2D eigenvalue weighted by molar-refractivity contribution is -0.121. The zero-order valence-electron chi connectivity index (χ0n) is 20.6. The number of ether oxygens (including phenoxy) is 1. The van der Waals surface area contributed by atoms with Crippen LogP contribution in [0, 0.1) is 0 Å². The van der Waals surface area contributed by atoms with Gasteiger partial charge in [-0.05, 0) is 25.7 Å². The maximum absolute atomic E-state index is 12.7. The van der Waals surface area contributed by atoms with Gasteiger partial charge in [-0.3, -0.25) is 19.1 Å². The Labute approximate surface area is 195 Å². The van der Waals surface area contributed by atoms with E-state index < -0.39 is 11.2 Å². The Morgan fingerprint density at radius 1 is 0.939 bits per heavy atom. The first-order valence-electron chi connectivity index (χ1n) is 12.6. The fourth-order valence-electron chi connectivity index (χ4n) is 3.76. The van der Waals surface area contributed by atoms with Gasteiger partial charge >= 0.3 is 5.69 Å². The number of fused-ring (bicyclic) bond motifs is 1. The minimum absolute atomic E-state index is 0.0481. The Hall–Kier alpha value is -2.42. The van der Waals surface area contributed by atoms with Gasteiger partial charge in [0.15, 0.2) is 11.2 Å². The summed E-state index contributed by atoms with van der Waals surface area (Å²) < 4.78 is 8.97. The molecule has 0 saturated carbocycles. The van der Waals surface area contributed by atoms with Crippen molar-refractivity contribution in [2.75, 3.05) is 19.8 Å². The SMILES string of the molecule is CCCCCn1c(CCC(=O)NCCCOCCCC)nc2c1c(=O)[nH]c(=O)n2CCCC. The second-order valence-electron chi connectivity index (χ2n) is 8.49. The molecule has 9 nitrogen and oxygen atoms in total. The van der Waals surface area contributed by atoms with Gasteiger partial charge in [-0.2, -0.15) is 0 Å². The number of aromatic amines is 1. The third-order valence-corrected chi connectivity index (χ3v) is 5.69. The van der Waals surface area contributed by atoms with Gasteiger partial charge in [0, 0.05) is 45.7 Å². The summed E-state index contributed by atoms with van der Waals surface area (Å²) in [7, 11) is 0. The smallest absolute Gasteiger partial charge is 0.330 e. The Bertz CT molecular complexity index is 976. The van der Waals surface area contributed by atoms with Crippen molar-refractivity contribution in [3.05, 3.63) is 26.7 Å². The number of imidazole rings is 1. The number of unbranched alkanes of at least 4 members (excludes halogenated alkanes) is 4. The molecule has 0 aliphatic heterocycles. The summed E-state index contributed by atoms with van der Waals surface area (Å²) in [5.74, 6) is 0.633. The molecule has 0 aliphatic carbocycles. The normalized spacial score (nSPS) is 11.4. The highest BCUT2D eigenvalue weighted by molar-refractivity contribution is 5.76. The Balaban J connectivity index is 2.11. The maximum atomic E-state index is 12.7. The lowest BCUT2D eigenvalue weighted by Gasteiger charge is -2.09. The van der Waals surface area contributed by atoms with E-state index in [1.165, 1.54) is 0 Å². The molecule has 0 aliphatic rings. The largest absolute Gasteiger partial charge is 0.381 e. The summed E-state index contributed by atoms with van der Waals surface area (Å²) in [5.41, 5.74) is 0.0184. The Morgan fingerprint density at radius 2 is 1.64 bits per heavy atom. The number of hydrogen-bond acceptors (Lipinski definition) is 5. The number of carbonyl (C=O) groups excluding carboxylic acids is 1. The van der Waals surface area contributed by atoms with Crippen LogP contribution in [0.1, 0.15) is 84.4 Å². The summed E-state index contributed by atoms with van der Waals surface area (Å²) in [4.78, 5) is 44.6. The zero-order valence-corrected chi connectivity index (χ0v) is 20.6. The van der Waals surface area contributed by atoms with Gasteiger partial charge < -0.3 is 14.6 Å². The van der Waals surface area contributed by atoms with Crippen LogP contribution in [0.25, 0.3) is 11.2 Å². The zero-order chi connectivity index (χ0) is 24.1. The summed E-state index contributed by atoms with van der Waals surface area (Å²) in [6.45, 7) is 9.45. The van der Waals surface area contributed by atoms with Crippen LogP contribution in [0.5, 0.6) is 0 Å². The quantitative estimate of drug-likeness (QED) is 0.350. The number of nitrogens with zero attached hydrogens (tertiary/aromatic N) is 3. The molecule has 9 heteroatoms. The summed E-state index contributed by atoms with van der Waals surface area (Å²) >= 11 is 0. The Morgan fingerprint density at radius 3 is 2.36 bits per heavy atom. The predicted octanol–water partition coefficient (Wildman–Crippen LogP) is 3.13. The molecule has 2 aromatic rings. The first-order valence-corrected chi connectivity index (χ1v) is 12.6. The standard InChI is InChI=1S/C24H41N5O4/c1-4-7-10-16-28-19(12-13-20(30)25-14-11-18-33-17-9-6-3)26-22-21(28)23(31)27-24(32)29(22)15-8-5-2/h4-18H2,1-3H3,(H,25,30)(H,27,31,32). The molecule has 186 valence electrons. The monoisotopic (exact) mass is 463 g/mol. The number of amides is 1. The van der Waals surface area contributed by atoms with Gasteiger partial charge in [-0.25, -0.2) is 9.78 Å². The fraction of sp³-hybridized carbons (Fsp3) is 0.750. The summed E-state index contributed by atoms with van der Waals surface area (Å²) in [5, 5.41) is 2.93. The van der Waals surface area contributed by atoms with Gasteiger partial charge in [-0.1, -0.05) is 46.5 Å². The van der Waals surface area contributed by atoms with Crippen LogP contribution in [0.4, 0.5) is 0 Å². The molecule has 0 bridgehead atoms. The summed E-state index contributed by atoms with van der Waals surface area (Å²) in [6.07, 6.45) is 8.41. The topological polar surface area (TPSA) is 111 Å². The maximum Gasteiger partial charge on any atom is 0.330 e. The van der Waals surface area contributed by atoms with Gasteiger partial charge in [0.2, 0.25) is 5.91 Å². The molecule has 2 aromatic heterocycles. The van der Waals surface area contributed by atoms with E-state index in [9.17, 15) is 14.4 Å². The average Bonchev–Trinajstić information content (AvgIpc) is 3.16. The van der Waals surface area contributed by atoms with Gasteiger partial charge in [0.1, 0.15) is 5.82 Å². The first-order chi connectivity index (χ1) is 16.0. The lowest BCUT2D eigenvalue weighted by Crippen LogP contribution is -2.31. The number of nitrogens with one attached hydrogen (secondary N) is 2. The van der Waals surface area contributed by atoms with Crippen LogP contribution in [0.15, 0.2) is 9.59 Å². The van der Waals surface area contributed by atoms with Crippen molar-refractivity contribution >= 4 is 17.1 Å². The molecule has 33 heavy (non-hydrogen) atoms. The van der Waals surface area contributed by atoms with Crippen molar-refractivity contribution < 1.29 is 9.53 Å². The number of aromatic nitrogens is 4. The van der Waals surface area contributed by atoms with E-state index >= 15 is 0 Å². The molecule has 0 saturated heterocycles. The van der Waals surface area contributed by atoms with Crippen molar-refractivity contribution in [3.63, 3.8) is 0 Å². The van der Waals surface area contributed by atoms with Gasteiger partial charge in [0.25, 0.3) is 5.56 Å². The van der Waals surface area contributed by atoms with Crippen LogP contribution < -0.4 is 16.6 Å². The highest BCUT2D eigenvalue weighted by atomic mass is 16.5. The van der Waals surface area contributed by atoms with Crippen molar-refractivity contribution in [1.82, 2.24) is 24.4 Å². The van der Waals surface area contributed by atoms with Crippen LogP contribution in [-0.4, -0.2) is 44.8 Å². The minimum atomic E-state index is -0.426. The minimum Gasteiger partial charge on any atom is -0.381 e. The molecule has 0 atom stereocenters. The molecule has 1 amide bonds. The van der Waals surface area contributed by atoms with E-state index in [2.05, 4.69) is 36.1 Å². The third-order valence-electron chi connectivity index (χ3n) is 5.69. The first kappa shape index (κ1) is 26.8. The molecule has 0 aromatic carbocycles. The van der Waals surface area contributed by atoms with Crippen LogP contribution in [0.3, 0.4) is 0 Å².